The fraction of sp³-hybridized carbons (Fsp3) is 0.750. The molecule has 2 saturated carbocycles. The maximum atomic E-state index is 10.4. The molecule has 0 spiro atoms. The van der Waals surface area contributed by atoms with Gasteiger partial charge in [-0.15, -0.1) is 0 Å². The lowest BCUT2D eigenvalue weighted by Crippen LogP contribution is -2.60. The van der Waals surface area contributed by atoms with Gasteiger partial charge in [0.15, 0.2) is 6.29 Å². The van der Waals surface area contributed by atoms with Crippen LogP contribution in [0.15, 0.2) is 18.2 Å². The van der Waals surface area contributed by atoms with E-state index in [4.69, 9.17) is 9.47 Å². The van der Waals surface area contributed by atoms with Crippen molar-refractivity contribution >= 4 is 0 Å². The molecule has 4 aliphatic rings. The Bertz CT molecular complexity index is 813. The molecule has 1 aromatic rings. The van der Waals surface area contributed by atoms with Crippen molar-refractivity contribution in [3.63, 3.8) is 0 Å². The van der Waals surface area contributed by atoms with E-state index in [2.05, 4.69) is 13.0 Å². The second kappa shape index (κ2) is 7.97. The van der Waals surface area contributed by atoms with E-state index in [-0.39, 0.29) is 11.5 Å². The topological polar surface area (TPSA) is 120 Å². The van der Waals surface area contributed by atoms with Crippen LogP contribution >= 0.6 is 0 Å². The molecule has 31 heavy (non-hydrogen) atoms. The Morgan fingerprint density at radius 1 is 1.06 bits per heavy atom. The fourth-order valence-electron chi connectivity index (χ4n) is 7.09. The third-order valence-electron chi connectivity index (χ3n) is 8.77. The van der Waals surface area contributed by atoms with E-state index in [0.29, 0.717) is 23.5 Å². The normalized spacial score (nSPS) is 46.8. The summed E-state index contributed by atoms with van der Waals surface area (Å²) in [4.78, 5) is 0. The van der Waals surface area contributed by atoms with Crippen LogP contribution in [0.2, 0.25) is 0 Å². The van der Waals surface area contributed by atoms with Gasteiger partial charge in [0.25, 0.3) is 0 Å². The van der Waals surface area contributed by atoms with E-state index in [1.165, 1.54) is 11.1 Å². The number of aliphatic hydroxyl groups is 4. The van der Waals surface area contributed by atoms with Gasteiger partial charge in [0.2, 0.25) is 0 Å². The maximum absolute atomic E-state index is 10.4. The van der Waals surface area contributed by atoms with Gasteiger partial charge in [-0.3, -0.25) is 0 Å². The molecule has 7 nitrogen and oxygen atoms in total. The number of aryl methyl sites for hydroxylation is 1. The van der Waals surface area contributed by atoms with E-state index in [1.807, 2.05) is 6.07 Å². The van der Waals surface area contributed by atoms with E-state index < -0.39 is 37.3 Å². The minimum atomic E-state index is -1.41. The summed E-state index contributed by atoms with van der Waals surface area (Å²) in [5, 5.41) is 49.9. The SMILES string of the molecule is C[C@]12CC[C@@H]3c4ccc(O)cc4CC[C@H]3[C@@H]1CC[C@@H]2O[C@H]1O[C@@H](CO)[C@@H](O)[C@@H](O)[C@@H]1O. The first-order valence-corrected chi connectivity index (χ1v) is 11.6. The first-order valence-electron chi connectivity index (χ1n) is 11.6. The molecule has 3 aliphatic carbocycles. The van der Waals surface area contributed by atoms with Crippen LogP contribution < -0.4 is 0 Å². The molecule has 10 atom stereocenters. The summed E-state index contributed by atoms with van der Waals surface area (Å²) in [6.07, 6.45) is -0.206. The Kier molecular flexibility index (Phi) is 5.56. The number of phenols is 1. The zero-order valence-electron chi connectivity index (χ0n) is 17.9. The summed E-state index contributed by atoms with van der Waals surface area (Å²) in [6, 6.07) is 5.81. The predicted molar refractivity (Wildman–Crippen MR) is 111 cm³/mol. The Hall–Kier alpha value is -1.22. The predicted octanol–water partition coefficient (Wildman–Crippen LogP) is 1.43. The van der Waals surface area contributed by atoms with Gasteiger partial charge in [-0.05, 0) is 85.0 Å². The summed E-state index contributed by atoms with van der Waals surface area (Å²) in [5.41, 5.74) is 2.61. The monoisotopic (exact) mass is 434 g/mol. The van der Waals surface area contributed by atoms with Gasteiger partial charge in [-0.2, -0.15) is 0 Å². The molecule has 0 radical (unpaired) electrons. The Balaban J connectivity index is 1.33. The highest BCUT2D eigenvalue weighted by atomic mass is 16.7. The van der Waals surface area contributed by atoms with Gasteiger partial charge in [0.1, 0.15) is 30.2 Å². The number of aliphatic hydroxyl groups excluding tert-OH is 4. The van der Waals surface area contributed by atoms with Crippen molar-refractivity contribution in [1.29, 1.82) is 0 Å². The summed E-state index contributed by atoms with van der Waals surface area (Å²) in [5.74, 6) is 1.92. The van der Waals surface area contributed by atoms with Crippen LogP contribution in [-0.4, -0.2) is 68.9 Å². The molecule has 1 heterocycles. The fourth-order valence-corrected chi connectivity index (χ4v) is 7.09. The van der Waals surface area contributed by atoms with Crippen LogP contribution in [0.25, 0.3) is 0 Å². The highest BCUT2D eigenvalue weighted by Crippen LogP contribution is 2.61. The van der Waals surface area contributed by atoms with E-state index in [0.717, 1.165) is 38.5 Å². The molecule has 1 aliphatic heterocycles. The van der Waals surface area contributed by atoms with Crippen molar-refractivity contribution in [2.24, 2.45) is 17.3 Å². The molecule has 0 bridgehead atoms. The third-order valence-corrected chi connectivity index (χ3v) is 8.77. The largest absolute Gasteiger partial charge is 0.508 e. The zero-order valence-corrected chi connectivity index (χ0v) is 17.9. The number of hydrogen-bond donors (Lipinski definition) is 5. The number of fused-ring (bicyclic) bond motifs is 5. The summed E-state index contributed by atoms with van der Waals surface area (Å²) in [6.45, 7) is 1.83. The lowest BCUT2D eigenvalue weighted by Gasteiger charge is -2.51. The Morgan fingerprint density at radius 2 is 1.87 bits per heavy atom. The van der Waals surface area contributed by atoms with Gasteiger partial charge in [-0.25, -0.2) is 0 Å². The molecule has 1 saturated heterocycles. The Labute approximate surface area is 182 Å². The lowest BCUT2D eigenvalue weighted by atomic mass is 9.55. The van der Waals surface area contributed by atoms with Crippen molar-refractivity contribution in [2.45, 2.75) is 88.2 Å². The highest BCUT2D eigenvalue weighted by molar-refractivity contribution is 5.40. The van der Waals surface area contributed by atoms with Gasteiger partial charge >= 0.3 is 0 Å². The number of phenolic OH excluding ortho intramolecular Hbond substituents is 1. The third kappa shape index (κ3) is 3.41. The molecule has 3 fully saturated rings. The van der Waals surface area contributed by atoms with Crippen molar-refractivity contribution in [1.82, 2.24) is 0 Å². The molecule has 172 valence electrons. The molecule has 5 N–H and O–H groups in total. The summed E-state index contributed by atoms with van der Waals surface area (Å²) < 4.78 is 11.9. The number of ether oxygens (including phenoxy) is 2. The smallest absolute Gasteiger partial charge is 0.186 e. The number of benzene rings is 1. The first-order chi connectivity index (χ1) is 14.8. The Morgan fingerprint density at radius 3 is 2.65 bits per heavy atom. The number of aromatic hydroxyl groups is 1. The van der Waals surface area contributed by atoms with Crippen LogP contribution in [0.5, 0.6) is 5.75 Å². The van der Waals surface area contributed by atoms with Crippen LogP contribution in [-0.2, 0) is 15.9 Å². The van der Waals surface area contributed by atoms with Crippen LogP contribution in [0, 0.1) is 17.3 Å². The minimum Gasteiger partial charge on any atom is -0.508 e. The molecular formula is C24H34O7. The zero-order chi connectivity index (χ0) is 21.9. The van der Waals surface area contributed by atoms with Gasteiger partial charge in [0.05, 0.1) is 12.7 Å². The average Bonchev–Trinajstić information content (AvgIpc) is 3.09. The second-order valence-electron chi connectivity index (χ2n) is 10.2. The van der Waals surface area contributed by atoms with Crippen molar-refractivity contribution in [3.05, 3.63) is 29.3 Å². The van der Waals surface area contributed by atoms with E-state index in [1.54, 1.807) is 6.07 Å². The lowest BCUT2D eigenvalue weighted by molar-refractivity contribution is -0.319. The summed E-state index contributed by atoms with van der Waals surface area (Å²) in [7, 11) is 0. The van der Waals surface area contributed by atoms with Crippen molar-refractivity contribution < 1.29 is 35.0 Å². The van der Waals surface area contributed by atoms with Crippen LogP contribution in [0.1, 0.15) is 56.1 Å². The van der Waals surface area contributed by atoms with E-state index >= 15 is 0 Å². The average molecular weight is 435 g/mol. The van der Waals surface area contributed by atoms with Crippen LogP contribution in [0.4, 0.5) is 0 Å². The quantitative estimate of drug-likeness (QED) is 0.488. The molecular weight excluding hydrogens is 400 g/mol. The van der Waals surface area contributed by atoms with E-state index in [9.17, 15) is 25.5 Å². The van der Waals surface area contributed by atoms with Gasteiger partial charge in [-0.1, -0.05) is 13.0 Å². The second-order valence-corrected chi connectivity index (χ2v) is 10.2. The first kappa shape index (κ1) is 21.6. The highest BCUT2D eigenvalue weighted by Gasteiger charge is 2.57. The van der Waals surface area contributed by atoms with Crippen molar-refractivity contribution in [3.8, 4) is 5.75 Å². The standard InChI is InChI=1S/C24H34O7/c1-24-9-8-15-14-5-3-13(26)10-12(14)2-4-16(15)17(24)6-7-19(24)31-23-22(29)21(28)20(27)18(11-25)30-23/h3,5,10,15-23,25-29H,2,4,6-9,11H2,1H3/t15-,16-,17+,18+,19+,20-,21-,22+,23-,24+/m1/s1. The molecule has 7 heteroatoms. The van der Waals surface area contributed by atoms with Crippen LogP contribution in [0.3, 0.4) is 0 Å². The molecule has 0 unspecified atom stereocenters. The minimum absolute atomic E-state index is 0.0472. The molecule has 0 amide bonds. The molecule has 1 aromatic carbocycles. The van der Waals surface area contributed by atoms with Crippen molar-refractivity contribution in [2.75, 3.05) is 6.61 Å². The van der Waals surface area contributed by atoms with Gasteiger partial charge < -0.3 is 35.0 Å². The number of hydrogen-bond acceptors (Lipinski definition) is 7. The maximum Gasteiger partial charge on any atom is 0.186 e. The summed E-state index contributed by atoms with van der Waals surface area (Å²) >= 11 is 0. The number of rotatable bonds is 3. The molecule has 0 aromatic heterocycles. The van der Waals surface area contributed by atoms with Gasteiger partial charge in [0, 0.05) is 0 Å². The molecule has 5 rings (SSSR count).